The van der Waals surface area contributed by atoms with Gasteiger partial charge in [0, 0.05) is 35.3 Å². The fourth-order valence-corrected chi connectivity index (χ4v) is 3.84. The molecule has 0 saturated heterocycles. The molecule has 0 spiro atoms. The third kappa shape index (κ3) is 4.47. The number of fused-ring (bicyclic) bond motifs is 1. The van der Waals surface area contributed by atoms with Crippen molar-refractivity contribution in [3.05, 3.63) is 91.9 Å². The van der Waals surface area contributed by atoms with Gasteiger partial charge in [0.05, 0.1) is 29.3 Å². The van der Waals surface area contributed by atoms with Crippen LogP contribution in [0.15, 0.2) is 52.4 Å². The van der Waals surface area contributed by atoms with Crippen LogP contribution in [0.4, 0.5) is 20.4 Å². The minimum Gasteiger partial charge on any atom is -0.324 e. The second-order valence-electron chi connectivity index (χ2n) is 7.83. The molecular weight excluding hydrogens is 496 g/mol. The first-order valence-electron chi connectivity index (χ1n) is 11.9. The summed E-state index contributed by atoms with van der Waals surface area (Å²) in [5.41, 5.74) is -1.31. The maximum absolute atomic E-state index is 14.5. The van der Waals surface area contributed by atoms with Crippen molar-refractivity contribution in [2.45, 2.75) is 13.1 Å². The molecule has 184 valence electrons. The predicted octanol–water partition coefficient (Wildman–Crippen LogP) is 2.19. The molecule has 0 aliphatic rings. The summed E-state index contributed by atoms with van der Waals surface area (Å²) in [6.07, 6.45) is 2.66. The van der Waals surface area contributed by atoms with Crippen LogP contribution in [-0.2, 0) is 27.1 Å². The number of hydrogen-bond acceptors (Lipinski definition) is 7. The van der Waals surface area contributed by atoms with Crippen LogP contribution in [0.3, 0.4) is 0 Å². The number of aryl methyl sites for hydroxylation is 2. The first kappa shape index (κ1) is 19.9. The summed E-state index contributed by atoms with van der Waals surface area (Å²) in [7, 11) is 1.73. The molecule has 0 aliphatic carbocycles. The van der Waals surface area contributed by atoms with E-state index in [-0.39, 0.29) is 28.0 Å². The topological polar surface area (TPSA) is 117 Å². The molecule has 0 amide bonds. The van der Waals surface area contributed by atoms with Gasteiger partial charge >= 0.3 is 11.4 Å². The summed E-state index contributed by atoms with van der Waals surface area (Å²) in [4.78, 5) is 34.2. The molecule has 3 aromatic heterocycles. The van der Waals surface area contributed by atoms with E-state index in [4.69, 9.17) is 15.7 Å². The van der Waals surface area contributed by atoms with Crippen LogP contribution in [0.5, 0.6) is 0 Å². The number of anilines is 2. The molecule has 0 saturated carbocycles. The SMILES string of the molecule is [2H]C([2H])([2H])n1cnc(Cn2c(=O)nc(Nc3cc4cn(C)nc4cc3Cl)n(Cc3cc(F)ccc3F)c2=O)n1. The highest BCUT2D eigenvalue weighted by Gasteiger charge is 2.18. The van der Waals surface area contributed by atoms with E-state index in [2.05, 4.69) is 25.5 Å². The first-order chi connectivity index (χ1) is 18.4. The van der Waals surface area contributed by atoms with Gasteiger partial charge in [-0.15, -0.1) is 0 Å². The predicted molar refractivity (Wildman–Crippen MR) is 127 cm³/mol. The van der Waals surface area contributed by atoms with Crippen molar-refractivity contribution >= 4 is 34.1 Å². The van der Waals surface area contributed by atoms with E-state index < -0.39 is 43.1 Å². The number of benzene rings is 2. The smallest absolute Gasteiger partial charge is 0.324 e. The van der Waals surface area contributed by atoms with Crippen molar-refractivity contribution in [3.8, 4) is 0 Å². The lowest BCUT2D eigenvalue weighted by atomic mass is 10.2. The van der Waals surface area contributed by atoms with E-state index in [1.807, 2.05) is 0 Å². The number of nitrogens with zero attached hydrogens (tertiary/aromatic N) is 8. The summed E-state index contributed by atoms with van der Waals surface area (Å²) in [6.45, 7) is -3.66. The molecule has 0 atom stereocenters. The first-order valence-corrected chi connectivity index (χ1v) is 10.7. The molecule has 5 rings (SSSR count). The highest BCUT2D eigenvalue weighted by Crippen LogP contribution is 2.29. The molecule has 14 heteroatoms. The van der Waals surface area contributed by atoms with Crippen molar-refractivity contribution in [3.63, 3.8) is 0 Å². The fraction of sp³-hybridized carbons (Fsp3) is 0.182. The van der Waals surface area contributed by atoms with Crippen LogP contribution in [0.25, 0.3) is 10.9 Å². The van der Waals surface area contributed by atoms with Gasteiger partial charge in [-0.05, 0) is 30.3 Å². The Morgan fingerprint density at radius 1 is 1.08 bits per heavy atom. The van der Waals surface area contributed by atoms with Gasteiger partial charge in [-0.2, -0.15) is 15.2 Å². The normalized spacial score (nSPS) is 12.9. The van der Waals surface area contributed by atoms with E-state index in [9.17, 15) is 18.4 Å². The summed E-state index contributed by atoms with van der Waals surface area (Å²) >= 11 is 6.39. The Bertz CT molecular complexity index is 1850. The van der Waals surface area contributed by atoms with Crippen LogP contribution in [0.2, 0.25) is 5.02 Å². The molecule has 3 heterocycles. The zero-order valence-electron chi connectivity index (χ0n) is 21.5. The monoisotopic (exact) mass is 516 g/mol. The van der Waals surface area contributed by atoms with Gasteiger partial charge in [-0.3, -0.25) is 13.9 Å². The second kappa shape index (κ2) is 9.00. The lowest BCUT2D eigenvalue weighted by molar-refractivity contribution is 0.546. The van der Waals surface area contributed by atoms with Crippen molar-refractivity contribution < 1.29 is 12.9 Å². The van der Waals surface area contributed by atoms with Gasteiger partial charge < -0.3 is 5.32 Å². The van der Waals surface area contributed by atoms with E-state index in [0.717, 1.165) is 29.1 Å². The quantitative estimate of drug-likeness (QED) is 0.367. The van der Waals surface area contributed by atoms with E-state index in [0.29, 0.717) is 20.2 Å². The molecule has 11 nitrogen and oxygen atoms in total. The van der Waals surface area contributed by atoms with Gasteiger partial charge in [0.15, 0.2) is 5.82 Å². The lowest BCUT2D eigenvalue weighted by Gasteiger charge is -2.16. The number of nitrogens with one attached hydrogen (secondary N) is 1. The minimum absolute atomic E-state index is 0.151. The maximum Gasteiger partial charge on any atom is 0.355 e. The Labute approximate surface area is 210 Å². The zero-order chi connectivity index (χ0) is 28.1. The van der Waals surface area contributed by atoms with E-state index in [1.165, 1.54) is 0 Å². The number of rotatable bonds is 6. The van der Waals surface area contributed by atoms with Gasteiger partial charge in [0.25, 0.3) is 0 Å². The summed E-state index contributed by atoms with van der Waals surface area (Å²) in [5, 5.41) is 11.8. The average Bonchev–Trinajstić information content (AvgIpc) is 3.47. The zero-order valence-corrected chi connectivity index (χ0v) is 19.2. The Kier molecular flexibility index (Phi) is 4.97. The van der Waals surface area contributed by atoms with Gasteiger partial charge in [0.2, 0.25) is 5.95 Å². The molecule has 0 fully saturated rings. The fourth-order valence-electron chi connectivity index (χ4n) is 3.63. The highest BCUT2D eigenvalue weighted by atomic mass is 35.5. The van der Waals surface area contributed by atoms with Crippen LogP contribution in [-0.4, -0.2) is 38.7 Å². The largest absolute Gasteiger partial charge is 0.355 e. The molecule has 2 aromatic carbocycles. The Balaban J connectivity index is 1.62. The van der Waals surface area contributed by atoms with Crippen molar-refractivity contribution in [1.82, 2.24) is 38.7 Å². The average molecular weight is 517 g/mol. The minimum atomic E-state index is -2.62. The number of hydrogen-bond donors (Lipinski definition) is 1. The third-order valence-corrected chi connectivity index (χ3v) is 5.59. The van der Waals surface area contributed by atoms with Crippen LogP contribution in [0.1, 0.15) is 15.5 Å². The van der Waals surface area contributed by atoms with Gasteiger partial charge in [-0.25, -0.2) is 27.9 Å². The Morgan fingerprint density at radius 2 is 1.92 bits per heavy atom. The Morgan fingerprint density at radius 3 is 2.69 bits per heavy atom. The lowest BCUT2D eigenvalue weighted by Crippen LogP contribution is -2.43. The summed E-state index contributed by atoms with van der Waals surface area (Å²) in [6, 6.07) is 5.94. The van der Waals surface area contributed by atoms with Gasteiger partial charge in [-0.1, -0.05) is 11.6 Å². The van der Waals surface area contributed by atoms with Crippen LogP contribution < -0.4 is 16.7 Å². The van der Waals surface area contributed by atoms with Crippen molar-refractivity contribution in [1.29, 1.82) is 0 Å². The molecule has 0 radical (unpaired) electrons. The molecule has 36 heavy (non-hydrogen) atoms. The van der Waals surface area contributed by atoms with Crippen LogP contribution in [0, 0.1) is 11.6 Å². The maximum atomic E-state index is 14.5. The summed E-state index contributed by atoms with van der Waals surface area (Å²) < 4.78 is 54.4. The van der Waals surface area contributed by atoms with E-state index >= 15 is 0 Å². The van der Waals surface area contributed by atoms with Crippen molar-refractivity contribution in [2.24, 2.45) is 14.0 Å². The molecule has 1 N–H and O–H groups in total. The third-order valence-electron chi connectivity index (χ3n) is 5.28. The number of halogens is 3. The van der Waals surface area contributed by atoms with Crippen molar-refractivity contribution in [2.75, 3.05) is 5.32 Å². The molecule has 0 bridgehead atoms. The summed E-state index contributed by atoms with van der Waals surface area (Å²) in [5.74, 6) is -1.97. The second-order valence-corrected chi connectivity index (χ2v) is 8.24. The van der Waals surface area contributed by atoms with E-state index in [1.54, 1.807) is 30.1 Å². The standard InChI is InChI=1S/C22H18ClF2N9O2/c1-31-8-13-6-18(15(23)7-17(13)29-31)27-20-28-21(35)34(10-19-26-11-32(2)30-19)22(36)33(20)9-12-5-14(24)3-4-16(12)25/h3-8,11H,9-10H2,1-2H3,(H,27,28,35)/i2D3. The highest BCUT2D eigenvalue weighted by molar-refractivity contribution is 6.34. The molecule has 5 aromatic rings. The van der Waals surface area contributed by atoms with Gasteiger partial charge in [0.1, 0.15) is 18.0 Å². The molecule has 0 aliphatic heterocycles. The molecular formula is C22H18ClF2N9O2. The molecule has 0 unspecified atom stereocenters. The Hall–Kier alpha value is -4.39. The number of aromatic nitrogens is 8. The van der Waals surface area contributed by atoms with Crippen LogP contribution >= 0.6 is 11.6 Å².